The molecule has 21 heavy (non-hydrogen) atoms. The maximum Gasteiger partial charge on any atom is 0.416 e. The van der Waals surface area contributed by atoms with E-state index in [1.165, 1.54) is 0 Å². The Labute approximate surface area is 123 Å². The molecule has 1 aromatic carbocycles. The Morgan fingerprint density at radius 3 is 2.38 bits per heavy atom. The van der Waals surface area contributed by atoms with Gasteiger partial charge in [-0.3, -0.25) is 0 Å². The molecule has 116 valence electrons. The molecule has 0 aliphatic heterocycles. The van der Waals surface area contributed by atoms with Crippen LogP contribution in [0.3, 0.4) is 0 Å². The Kier molecular flexibility index (Phi) is 4.83. The lowest BCUT2D eigenvalue weighted by Crippen LogP contribution is -2.26. The molecule has 1 atom stereocenters. The van der Waals surface area contributed by atoms with Crippen LogP contribution in [-0.2, 0) is 17.4 Å². The monoisotopic (exact) mass is 320 g/mol. The molecule has 1 saturated carbocycles. The number of rotatable bonds is 3. The normalized spacial score (nSPS) is 18.5. The summed E-state index contributed by atoms with van der Waals surface area (Å²) in [4.78, 5) is 10.9. The molecule has 2 rings (SSSR count). The Hall–Kier alpha value is -1.21. The number of aromatic carboxylic acids is 1. The first kappa shape index (κ1) is 16.2. The van der Waals surface area contributed by atoms with Crippen molar-refractivity contribution in [3.8, 4) is 0 Å². The van der Waals surface area contributed by atoms with Crippen LogP contribution in [0.4, 0.5) is 13.2 Å². The summed E-state index contributed by atoms with van der Waals surface area (Å²) in [6.45, 7) is 0. The SMILES string of the molecule is O=C(O)c1ccc(C(F)(F)F)cc1[S+]([O-])C1CCCCC1. The fourth-order valence-electron chi connectivity index (χ4n) is 2.50. The van der Waals surface area contributed by atoms with E-state index in [4.69, 9.17) is 5.11 Å². The van der Waals surface area contributed by atoms with Gasteiger partial charge >= 0.3 is 12.1 Å². The van der Waals surface area contributed by atoms with Crippen molar-refractivity contribution in [2.24, 2.45) is 0 Å². The quantitative estimate of drug-likeness (QED) is 0.861. The minimum atomic E-state index is -4.58. The van der Waals surface area contributed by atoms with Crippen molar-refractivity contribution >= 4 is 17.1 Å². The number of hydrogen-bond acceptors (Lipinski definition) is 2. The first-order valence-electron chi connectivity index (χ1n) is 6.66. The van der Waals surface area contributed by atoms with E-state index in [0.717, 1.165) is 25.3 Å². The lowest BCUT2D eigenvalue weighted by atomic mass is 10.0. The second kappa shape index (κ2) is 6.27. The van der Waals surface area contributed by atoms with E-state index in [1.54, 1.807) is 0 Å². The lowest BCUT2D eigenvalue weighted by Gasteiger charge is -2.25. The summed E-state index contributed by atoms with van der Waals surface area (Å²) in [6, 6.07) is 2.32. The molecule has 1 N–H and O–H groups in total. The Morgan fingerprint density at radius 1 is 1.24 bits per heavy atom. The van der Waals surface area contributed by atoms with E-state index in [-0.39, 0.29) is 15.7 Å². The van der Waals surface area contributed by atoms with Gasteiger partial charge in [0.15, 0.2) is 4.90 Å². The molecule has 1 aliphatic carbocycles. The topological polar surface area (TPSA) is 60.4 Å². The molecule has 1 fully saturated rings. The molecule has 1 unspecified atom stereocenters. The van der Waals surface area contributed by atoms with Crippen LogP contribution in [0.5, 0.6) is 0 Å². The summed E-state index contributed by atoms with van der Waals surface area (Å²) < 4.78 is 50.8. The van der Waals surface area contributed by atoms with Crippen LogP contribution >= 0.6 is 0 Å². The first-order chi connectivity index (χ1) is 9.80. The van der Waals surface area contributed by atoms with Gasteiger partial charge in [-0.15, -0.1) is 0 Å². The van der Waals surface area contributed by atoms with Crippen LogP contribution in [0.25, 0.3) is 0 Å². The summed E-state index contributed by atoms with van der Waals surface area (Å²) in [7, 11) is 0. The van der Waals surface area contributed by atoms with E-state index in [1.807, 2.05) is 0 Å². The Bertz CT molecular complexity index is 525. The highest BCUT2D eigenvalue weighted by atomic mass is 32.2. The van der Waals surface area contributed by atoms with Crippen LogP contribution in [0.2, 0.25) is 0 Å². The van der Waals surface area contributed by atoms with Crippen molar-refractivity contribution in [3.63, 3.8) is 0 Å². The lowest BCUT2D eigenvalue weighted by molar-refractivity contribution is -0.137. The maximum atomic E-state index is 12.8. The highest BCUT2D eigenvalue weighted by Gasteiger charge is 2.36. The molecule has 1 aliphatic rings. The fourth-order valence-corrected chi connectivity index (χ4v) is 4.24. The molecule has 0 heterocycles. The van der Waals surface area contributed by atoms with Gasteiger partial charge in [-0.1, -0.05) is 6.42 Å². The van der Waals surface area contributed by atoms with E-state index >= 15 is 0 Å². The minimum Gasteiger partial charge on any atom is -0.611 e. The predicted octanol–water partition coefficient (Wildman–Crippen LogP) is 3.84. The van der Waals surface area contributed by atoms with Crippen molar-refractivity contribution in [2.45, 2.75) is 48.4 Å². The zero-order valence-electron chi connectivity index (χ0n) is 11.2. The largest absolute Gasteiger partial charge is 0.611 e. The van der Waals surface area contributed by atoms with Gasteiger partial charge in [0, 0.05) is 6.07 Å². The molecule has 0 spiro atoms. The molecule has 3 nitrogen and oxygen atoms in total. The number of halogens is 3. The second-order valence-electron chi connectivity index (χ2n) is 5.07. The smallest absolute Gasteiger partial charge is 0.416 e. The van der Waals surface area contributed by atoms with Gasteiger partial charge in [-0.2, -0.15) is 13.2 Å². The Balaban J connectivity index is 2.40. The van der Waals surface area contributed by atoms with Crippen molar-refractivity contribution in [2.75, 3.05) is 0 Å². The van der Waals surface area contributed by atoms with Crippen LogP contribution in [-0.4, -0.2) is 20.9 Å². The first-order valence-corrected chi connectivity index (χ1v) is 7.87. The fraction of sp³-hybridized carbons (Fsp3) is 0.500. The van der Waals surface area contributed by atoms with Gasteiger partial charge in [0.2, 0.25) is 0 Å². The molecule has 0 amide bonds. The Morgan fingerprint density at radius 2 is 1.86 bits per heavy atom. The summed E-state index contributed by atoms with van der Waals surface area (Å²) >= 11 is -1.73. The van der Waals surface area contributed by atoms with E-state index < -0.39 is 28.9 Å². The predicted molar refractivity (Wildman–Crippen MR) is 71.7 cm³/mol. The van der Waals surface area contributed by atoms with Gasteiger partial charge in [0.25, 0.3) is 0 Å². The standard InChI is InChI=1S/C14H15F3O3S/c15-14(16,17)9-6-7-11(13(18)19)12(8-9)21(20)10-4-2-1-3-5-10/h6-8,10H,1-5H2,(H,18,19). The third-order valence-corrected chi connectivity index (χ3v) is 5.46. The van der Waals surface area contributed by atoms with Gasteiger partial charge < -0.3 is 9.66 Å². The summed E-state index contributed by atoms with van der Waals surface area (Å²) in [6.07, 6.45) is -0.510. The molecule has 0 bridgehead atoms. The van der Waals surface area contributed by atoms with Crippen molar-refractivity contribution in [3.05, 3.63) is 29.3 Å². The minimum absolute atomic E-state index is 0.218. The zero-order chi connectivity index (χ0) is 15.6. The molecular weight excluding hydrogens is 305 g/mol. The van der Waals surface area contributed by atoms with Crippen LogP contribution in [0.15, 0.2) is 23.1 Å². The van der Waals surface area contributed by atoms with Gasteiger partial charge in [-0.05, 0) is 49.0 Å². The number of benzene rings is 1. The number of alkyl halides is 3. The van der Waals surface area contributed by atoms with Crippen LogP contribution < -0.4 is 0 Å². The van der Waals surface area contributed by atoms with Gasteiger partial charge in [0.05, 0.1) is 5.56 Å². The maximum absolute atomic E-state index is 12.8. The highest BCUT2D eigenvalue weighted by molar-refractivity contribution is 7.92. The summed E-state index contributed by atoms with van der Waals surface area (Å²) in [5.41, 5.74) is -1.28. The highest BCUT2D eigenvalue weighted by Crippen LogP contribution is 2.35. The summed E-state index contributed by atoms with van der Waals surface area (Å²) in [5, 5.41) is 8.83. The zero-order valence-corrected chi connectivity index (χ0v) is 12.0. The number of carbonyl (C=O) groups is 1. The van der Waals surface area contributed by atoms with E-state index in [0.29, 0.717) is 25.0 Å². The molecule has 0 aromatic heterocycles. The summed E-state index contributed by atoms with van der Waals surface area (Å²) in [5.74, 6) is -1.36. The third-order valence-electron chi connectivity index (χ3n) is 3.61. The molecule has 0 saturated heterocycles. The van der Waals surface area contributed by atoms with Crippen molar-refractivity contribution in [1.29, 1.82) is 0 Å². The van der Waals surface area contributed by atoms with Gasteiger partial charge in [-0.25, -0.2) is 4.79 Å². The molecule has 0 radical (unpaired) electrons. The number of carboxylic acid groups (broad SMARTS) is 1. The van der Waals surface area contributed by atoms with Gasteiger partial charge in [0.1, 0.15) is 10.8 Å². The third kappa shape index (κ3) is 3.71. The van der Waals surface area contributed by atoms with Crippen LogP contribution in [0, 0.1) is 0 Å². The van der Waals surface area contributed by atoms with Crippen LogP contribution in [0.1, 0.15) is 48.0 Å². The second-order valence-corrected chi connectivity index (χ2v) is 6.77. The molecular formula is C14H15F3O3S. The van der Waals surface area contributed by atoms with Crippen molar-refractivity contribution < 1.29 is 27.6 Å². The van der Waals surface area contributed by atoms with E-state index in [2.05, 4.69) is 0 Å². The molecule has 1 aromatic rings. The van der Waals surface area contributed by atoms with Crippen molar-refractivity contribution in [1.82, 2.24) is 0 Å². The average Bonchev–Trinajstić information content (AvgIpc) is 2.45. The number of hydrogen-bond donors (Lipinski definition) is 1. The average molecular weight is 320 g/mol. The molecule has 7 heteroatoms. The number of carboxylic acids is 1. The van der Waals surface area contributed by atoms with E-state index in [9.17, 15) is 22.5 Å².